The normalized spacial score (nSPS) is 13.7. The third-order valence-corrected chi connectivity index (χ3v) is 5.18. The first-order valence-electron chi connectivity index (χ1n) is 9.77. The molecule has 0 spiro atoms. The standard InChI is InChI=1S/C26H24O3/c1-20(25(27)24-18-11-19-28-24)29-26(21-12-5-2-6-13-21,22-14-7-3-8-15-22)23-16-9-4-10-17-23/h2-20,25,27H,1H3. The van der Waals surface area contributed by atoms with Gasteiger partial charge in [-0.2, -0.15) is 0 Å². The highest BCUT2D eigenvalue weighted by atomic mass is 16.5. The Hall–Kier alpha value is -3.14. The van der Waals surface area contributed by atoms with E-state index in [0.29, 0.717) is 5.76 Å². The molecule has 4 aromatic rings. The summed E-state index contributed by atoms with van der Waals surface area (Å²) in [4.78, 5) is 0. The lowest BCUT2D eigenvalue weighted by Crippen LogP contribution is -2.38. The van der Waals surface area contributed by atoms with Crippen LogP contribution in [-0.2, 0) is 10.3 Å². The molecule has 3 nitrogen and oxygen atoms in total. The number of furan rings is 1. The van der Waals surface area contributed by atoms with Gasteiger partial charge in [0.15, 0.2) is 0 Å². The summed E-state index contributed by atoms with van der Waals surface area (Å²) >= 11 is 0. The van der Waals surface area contributed by atoms with Gasteiger partial charge in [0.05, 0.1) is 12.4 Å². The summed E-state index contributed by atoms with van der Waals surface area (Å²) in [5.41, 5.74) is 2.11. The molecule has 2 atom stereocenters. The van der Waals surface area contributed by atoms with Crippen molar-refractivity contribution in [2.24, 2.45) is 0 Å². The van der Waals surface area contributed by atoms with Gasteiger partial charge in [-0.05, 0) is 35.7 Å². The summed E-state index contributed by atoms with van der Waals surface area (Å²) in [6.45, 7) is 1.87. The van der Waals surface area contributed by atoms with Crippen LogP contribution >= 0.6 is 0 Å². The van der Waals surface area contributed by atoms with Crippen molar-refractivity contribution in [3.05, 3.63) is 132 Å². The van der Waals surface area contributed by atoms with Crippen LogP contribution in [0.5, 0.6) is 0 Å². The predicted octanol–water partition coefficient (Wildman–Crippen LogP) is 5.71. The fourth-order valence-electron chi connectivity index (χ4n) is 3.76. The maximum absolute atomic E-state index is 10.9. The number of hydrogen-bond acceptors (Lipinski definition) is 3. The molecule has 0 aliphatic heterocycles. The minimum atomic E-state index is -0.888. The van der Waals surface area contributed by atoms with Crippen molar-refractivity contribution >= 4 is 0 Å². The molecule has 3 aromatic carbocycles. The lowest BCUT2D eigenvalue weighted by Gasteiger charge is -2.39. The van der Waals surface area contributed by atoms with Crippen LogP contribution in [0.2, 0.25) is 0 Å². The van der Waals surface area contributed by atoms with E-state index in [-0.39, 0.29) is 0 Å². The van der Waals surface area contributed by atoms with Gasteiger partial charge in [-0.1, -0.05) is 91.0 Å². The van der Waals surface area contributed by atoms with Crippen LogP contribution in [0.4, 0.5) is 0 Å². The van der Waals surface area contributed by atoms with E-state index in [1.165, 1.54) is 0 Å². The van der Waals surface area contributed by atoms with Crippen molar-refractivity contribution in [3.8, 4) is 0 Å². The molecule has 29 heavy (non-hydrogen) atoms. The van der Waals surface area contributed by atoms with E-state index in [0.717, 1.165) is 16.7 Å². The molecule has 1 aromatic heterocycles. The molecule has 0 fully saturated rings. The van der Waals surface area contributed by atoms with Gasteiger partial charge in [0.1, 0.15) is 17.5 Å². The van der Waals surface area contributed by atoms with Crippen molar-refractivity contribution < 1.29 is 14.3 Å². The molecule has 146 valence electrons. The van der Waals surface area contributed by atoms with E-state index in [4.69, 9.17) is 9.15 Å². The summed E-state index contributed by atoms with van der Waals surface area (Å²) in [5.74, 6) is 0.487. The summed E-state index contributed by atoms with van der Waals surface area (Å²) in [5, 5.41) is 10.9. The highest BCUT2D eigenvalue weighted by Crippen LogP contribution is 2.42. The first-order valence-corrected chi connectivity index (χ1v) is 9.77. The maximum atomic E-state index is 10.9. The average molecular weight is 384 g/mol. The zero-order valence-corrected chi connectivity index (χ0v) is 16.3. The van der Waals surface area contributed by atoms with Crippen LogP contribution in [-0.4, -0.2) is 11.2 Å². The van der Waals surface area contributed by atoms with E-state index in [2.05, 4.69) is 36.4 Å². The highest BCUT2D eigenvalue weighted by molar-refractivity contribution is 5.47. The van der Waals surface area contributed by atoms with Crippen LogP contribution in [0.3, 0.4) is 0 Å². The van der Waals surface area contributed by atoms with Gasteiger partial charge in [-0.3, -0.25) is 0 Å². The molecule has 3 heteroatoms. The number of benzene rings is 3. The molecule has 0 amide bonds. The lowest BCUT2D eigenvalue weighted by molar-refractivity contribution is -0.0996. The zero-order valence-electron chi connectivity index (χ0n) is 16.3. The quantitative estimate of drug-likeness (QED) is 0.415. The van der Waals surface area contributed by atoms with E-state index in [1.807, 2.05) is 61.5 Å². The van der Waals surface area contributed by atoms with Crippen LogP contribution in [0.25, 0.3) is 0 Å². The Bertz CT molecular complexity index is 899. The Balaban J connectivity index is 1.88. The van der Waals surface area contributed by atoms with Gasteiger partial charge >= 0.3 is 0 Å². The molecule has 4 rings (SSSR count). The third-order valence-electron chi connectivity index (χ3n) is 5.18. The second-order valence-corrected chi connectivity index (χ2v) is 7.06. The lowest BCUT2D eigenvalue weighted by atomic mass is 9.79. The first kappa shape index (κ1) is 19.2. The van der Waals surface area contributed by atoms with Crippen molar-refractivity contribution in [1.29, 1.82) is 0 Å². The largest absolute Gasteiger partial charge is 0.466 e. The first-order chi connectivity index (χ1) is 14.2. The molecule has 1 N–H and O–H groups in total. The Labute approximate surface area is 171 Å². The summed E-state index contributed by atoms with van der Waals surface area (Å²) in [7, 11) is 0. The van der Waals surface area contributed by atoms with Crippen LogP contribution in [0, 0.1) is 0 Å². The zero-order chi connectivity index (χ0) is 20.1. The second-order valence-electron chi connectivity index (χ2n) is 7.06. The fraction of sp³-hybridized carbons (Fsp3) is 0.154. The molecule has 0 aliphatic carbocycles. The van der Waals surface area contributed by atoms with Crippen molar-refractivity contribution in [2.45, 2.75) is 24.7 Å². The van der Waals surface area contributed by atoms with E-state index in [9.17, 15) is 5.11 Å². The molecule has 0 saturated heterocycles. The van der Waals surface area contributed by atoms with Gasteiger partial charge in [-0.25, -0.2) is 0 Å². The molecule has 0 bridgehead atoms. The topological polar surface area (TPSA) is 42.6 Å². The molecule has 2 unspecified atom stereocenters. The van der Waals surface area contributed by atoms with E-state index >= 15 is 0 Å². The van der Waals surface area contributed by atoms with Gasteiger partial charge in [-0.15, -0.1) is 0 Å². The van der Waals surface area contributed by atoms with Crippen molar-refractivity contribution in [1.82, 2.24) is 0 Å². The number of ether oxygens (including phenoxy) is 1. The minimum Gasteiger partial charge on any atom is -0.466 e. The van der Waals surface area contributed by atoms with Crippen molar-refractivity contribution in [3.63, 3.8) is 0 Å². The van der Waals surface area contributed by atoms with Crippen LogP contribution in [0.1, 0.15) is 35.5 Å². The predicted molar refractivity (Wildman–Crippen MR) is 113 cm³/mol. The van der Waals surface area contributed by atoms with E-state index in [1.54, 1.807) is 18.4 Å². The second kappa shape index (κ2) is 8.48. The maximum Gasteiger partial charge on any atom is 0.144 e. The SMILES string of the molecule is CC(OC(c1ccccc1)(c1ccccc1)c1ccccc1)C(O)c1ccco1. The number of aliphatic hydroxyl groups excluding tert-OH is 1. The Morgan fingerprint density at radius 2 is 1.14 bits per heavy atom. The van der Waals surface area contributed by atoms with Crippen LogP contribution in [0.15, 0.2) is 114 Å². The van der Waals surface area contributed by atoms with Crippen molar-refractivity contribution in [2.75, 3.05) is 0 Å². The summed E-state index contributed by atoms with van der Waals surface area (Å²) in [6.07, 6.45) is 0.145. The average Bonchev–Trinajstić information content (AvgIpc) is 3.33. The third kappa shape index (κ3) is 3.75. The monoisotopic (exact) mass is 384 g/mol. The number of hydrogen-bond donors (Lipinski definition) is 1. The highest BCUT2D eigenvalue weighted by Gasteiger charge is 2.40. The van der Waals surface area contributed by atoms with Gasteiger partial charge < -0.3 is 14.3 Å². The molecule has 1 heterocycles. The fourth-order valence-corrected chi connectivity index (χ4v) is 3.76. The molecular formula is C26H24O3. The molecular weight excluding hydrogens is 360 g/mol. The van der Waals surface area contributed by atoms with Gasteiger partial charge in [0.25, 0.3) is 0 Å². The summed E-state index contributed by atoms with van der Waals surface area (Å²) in [6, 6.07) is 33.9. The Kier molecular flexibility index (Phi) is 5.61. The van der Waals surface area contributed by atoms with Gasteiger partial charge in [0.2, 0.25) is 0 Å². The van der Waals surface area contributed by atoms with Gasteiger partial charge in [0, 0.05) is 0 Å². The number of rotatable bonds is 7. The molecule has 0 radical (unpaired) electrons. The molecule has 0 aliphatic rings. The summed E-state index contributed by atoms with van der Waals surface area (Å²) < 4.78 is 12.2. The van der Waals surface area contributed by atoms with E-state index < -0.39 is 17.8 Å². The smallest absolute Gasteiger partial charge is 0.144 e. The molecule has 0 saturated carbocycles. The minimum absolute atomic E-state index is 0.487. The Morgan fingerprint density at radius 3 is 1.52 bits per heavy atom. The van der Waals surface area contributed by atoms with Crippen LogP contribution < -0.4 is 0 Å². The Morgan fingerprint density at radius 1 is 0.690 bits per heavy atom. The number of aliphatic hydroxyl groups is 1.